The number of amides is 3. The Bertz CT molecular complexity index is 753. The van der Waals surface area contributed by atoms with Crippen LogP contribution in [0.5, 0.6) is 5.75 Å². The maximum Gasteiger partial charge on any atom is 0.317 e. The number of nitrogens with zero attached hydrogens (tertiary/aromatic N) is 3. The minimum Gasteiger partial charge on any atom is -0.487 e. The molecule has 0 spiro atoms. The van der Waals surface area contributed by atoms with Crippen molar-refractivity contribution < 1.29 is 19.4 Å². The highest BCUT2D eigenvalue weighted by Gasteiger charge is 2.34. The number of hydrogen-bond donors (Lipinski definition) is 2. The van der Waals surface area contributed by atoms with Gasteiger partial charge in [-0.3, -0.25) is 4.79 Å². The van der Waals surface area contributed by atoms with Crippen LogP contribution in [0.2, 0.25) is 0 Å². The van der Waals surface area contributed by atoms with Crippen LogP contribution in [0.4, 0.5) is 10.5 Å². The van der Waals surface area contributed by atoms with E-state index < -0.39 is 0 Å². The van der Waals surface area contributed by atoms with Gasteiger partial charge in [-0.25, -0.2) is 4.79 Å². The van der Waals surface area contributed by atoms with E-state index in [1.807, 2.05) is 64.9 Å². The molecular weight excluding hydrogens is 384 g/mol. The Morgan fingerprint density at radius 2 is 1.97 bits per heavy atom. The van der Waals surface area contributed by atoms with Gasteiger partial charge in [-0.05, 0) is 39.0 Å². The van der Waals surface area contributed by atoms with Gasteiger partial charge in [0, 0.05) is 45.3 Å². The SMILES string of the molecule is CC(C)NC(=O)N(C)C[C@@H]1Oc2ccc(N(C)C)cc2C(=O)N([C@H](C)CO)C[C@H]1C. The lowest BCUT2D eigenvalue weighted by Gasteiger charge is -2.38. The fourth-order valence-corrected chi connectivity index (χ4v) is 3.42. The molecule has 0 aliphatic carbocycles. The van der Waals surface area contributed by atoms with Gasteiger partial charge in [0.1, 0.15) is 11.9 Å². The maximum atomic E-state index is 13.3. The molecule has 1 aromatic rings. The summed E-state index contributed by atoms with van der Waals surface area (Å²) in [7, 11) is 5.57. The Hall–Kier alpha value is -2.48. The molecule has 1 heterocycles. The number of anilines is 1. The van der Waals surface area contributed by atoms with E-state index in [9.17, 15) is 14.7 Å². The molecule has 3 amide bonds. The Balaban J connectivity index is 2.40. The third kappa shape index (κ3) is 5.56. The molecular formula is C22H36N4O4. The number of benzene rings is 1. The molecule has 1 aliphatic rings. The van der Waals surface area contributed by atoms with Crippen LogP contribution in [0.1, 0.15) is 38.1 Å². The summed E-state index contributed by atoms with van der Waals surface area (Å²) < 4.78 is 6.29. The number of likely N-dealkylation sites (N-methyl/N-ethyl adjacent to an activating group) is 1. The van der Waals surface area contributed by atoms with E-state index >= 15 is 0 Å². The summed E-state index contributed by atoms with van der Waals surface area (Å²) in [5, 5.41) is 12.6. The van der Waals surface area contributed by atoms with Crippen LogP contribution in [0.15, 0.2) is 18.2 Å². The fourth-order valence-electron chi connectivity index (χ4n) is 3.42. The molecule has 168 valence electrons. The van der Waals surface area contributed by atoms with Crippen molar-refractivity contribution in [3.05, 3.63) is 23.8 Å². The van der Waals surface area contributed by atoms with Gasteiger partial charge >= 0.3 is 6.03 Å². The number of nitrogens with one attached hydrogen (secondary N) is 1. The van der Waals surface area contributed by atoms with Crippen molar-refractivity contribution in [1.29, 1.82) is 0 Å². The van der Waals surface area contributed by atoms with Crippen molar-refractivity contribution in [3.63, 3.8) is 0 Å². The number of hydrogen-bond acceptors (Lipinski definition) is 5. The van der Waals surface area contributed by atoms with Crippen LogP contribution in [0.25, 0.3) is 0 Å². The minimum atomic E-state index is -0.323. The van der Waals surface area contributed by atoms with E-state index in [1.54, 1.807) is 16.8 Å². The Morgan fingerprint density at radius 3 is 2.53 bits per heavy atom. The summed E-state index contributed by atoms with van der Waals surface area (Å²) in [6.45, 7) is 8.35. The van der Waals surface area contributed by atoms with Gasteiger partial charge in [-0.15, -0.1) is 0 Å². The predicted octanol–water partition coefficient (Wildman–Crippen LogP) is 2.02. The molecule has 0 aromatic heterocycles. The average molecular weight is 421 g/mol. The van der Waals surface area contributed by atoms with E-state index in [0.29, 0.717) is 24.4 Å². The van der Waals surface area contributed by atoms with Crippen molar-refractivity contribution in [1.82, 2.24) is 15.1 Å². The van der Waals surface area contributed by atoms with E-state index in [4.69, 9.17) is 4.74 Å². The summed E-state index contributed by atoms with van der Waals surface area (Å²) in [6.07, 6.45) is -0.307. The zero-order valence-corrected chi connectivity index (χ0v) is 19.2. The zero-order chi connectivity index (χ0) is 22.6. The number of carbonyl (C=O) groups is 2. The number of carbonyl (C=O) groups excluding carboxylic acids is 2. The quantitative estimate of drug-likeness (QED) is 0.736. The lowest BCUT2D eigenvalue weighted by molar-refractivity contribution is 0.0366. The highest BCUT2D eigenvalue weighted by molar-refractivity contribution is 5.98. The molecule has 0 fully saturated rings. The number of urea groups is 1. The fraction of sp³-hybridized carbons (Fsp3) is 0.636. The molecule has 0 bridgehead atoms. The summed E-state index contributed by atoms with van der Waals surface area (Å²) in [6, 6.07) is 5.09. The molecule has 2 rings (SSSR count). The van der Waals surface area contributed by atoms with Gasteiger partial charge in [0.05, 0.1) is 24.8 Å². The smallest absolute Gasteiger partial charge is 0.317 e. The summed E-state index contributed by atoms with van der Waals surface area (Å²) in [4.78, 5) is 30.9. The number of ether oxygens (including phenoxy) is 1. The van der Waals surface area contributed by atoms with Gasteiger partial charge < -0.3 is 29.9 Å². The first-order valence-electron chi connectivity index (χ1n) is 10.5. The number of rotatable bonds is 6. The molecule has 1 aliphatic heterocycles. The first-order chi connectivity index (χ1) is 14.0. The summed E-state index contributed by atoms with van der Waals surface area (Å²) >= 11 is 0. The molecule has 0 saturated heterocycles. The van der Waals surface area contributed by atoms with Crippen LogP contribution < -0.4 is 15.0 Å². The largest absolute Gasteiger partial charge is 0.487 e. The summed E-state index contributed by atoms with van der Waals surface area (Å²) in [5.74, 6) is 0.292. The van der Waals surface area contributed by atoms with Crippen molar-refractivity contribution >= 4 is 17.6 Å². The third-order valence-electron chi connectivity index (χ3n) is 5.38. The van der Waals surface area contributed by atoms with Crippen molar-refractivity contribution in [2.45, 2.75) is 45.9 Å². The van der Waals surface area contributed by atoms with Gasteiger partial charge in [0.2, 0.25) is 0 Å². The van der Waals surface area contributed by atoms with Gasteiger partial charge in [-0.2, -0.15) is 0 Å². The summed E-state index contributed by atoms with van der Waals surface area (Å²) in [5.41, 5.74) is 1.36. The molecule has 0 unspecified atom stereocenters. The van der Waals surface area contributed by atoms with Crippen molar-refractivity contribution in [2.24, 2.45) is 5.92 Å². The lowest BCUT2D eigenvalue weighted by atomic mass is 9.99. The first-order valence-corrected chi connectivity index (χ1v) is 10.5. The van der Waals surface area contributed by atoms with E-state index in [1.165, 1.54) is 0 Å². The van der Waals surface area contributed by atoms with E-state index in [2.05, 4.69) is 5.32 Å². The van der Waals surface area contributed by atoms with Crippen molar-refractivity contribution in [3.8, 4) is 5.75 Å². The maximum absolute atomic E-state index is 13.3. The second-order valence-electron chi connectivity index (χ2n) is 8.68. The second kappa shape index (κ2) is 10.0. The standard InChI is InChI=1S/C22H36N4O4/c1-14(2)23-22(29)25(7)12-20-15(3)11-26(16(4)13-27)21(28)18-10-17(24(5)6)8-9-19(18)30-20/h8-10,14-16,20,27H,11-13H2,1-7H3,(H,23,29)/t15-,16-,20+/m1/s1. The highest BCUT2D eigenvalue weighted by Crippen LogP contribution is 2.31. The van der Waals surface area contributed by atoms with E-state index in [-0.39, 0.29) is 42.7 Å². The Morgan fingerprint density at radius 1 is 1.30 bits per heavy atom. The van der Waals surface area contributed by atoms with Crippen LogP contribution in [-0.4, -0.2) is 85.9 Å². The van der Waals surface area contributed by atoms with Crippen molar-refractivity contribution in [2.75, 3.05) is 45.7 Å². The molecule has 1 aromatic carbocycles. The second-order valence-corrected chi connectivity index (χ2v) is 8.68. The molecule has 30 heavy (non-hydrogen) atoms. The first kappa shape index (κ1) is 23.8. The zero-order valence-electron chi connectivity index (χ0n) is 19.2. The van der Waals surface area contributed by atoms with Crippen LogP contribution in [0, 0.1) is 5.92 Å². The normalized spacial score (nSPS) is 20.0. The molecule has 8 heteroatoms. The van der Waals surface area contributed by atoms with Gasteiger partial charge in [-0.1, -0.05) is 6.92 Å². The van der Waals surface area contributed by atoms with Gasteiger partial charge in [0.25, 0.3) is 5.91 Å². The third-order valence-corrected chi connectivity index (χ3v) is 5.38. The monoisotopic (exact) mass is 420 g/mol. The minimum absolute atomic E-state index is 0.0410. The number of aliphatic hydroxyl groups excluding tert-OH is 1. The number of aliphatic hydroxyl groups is 1. The number of fused-ring (bicyclic) bond motifs is 1. The molecule has 0 saturated carbocycles. The predicted molar refractivity (Wildman–Crippen MR) is 118 cm³/mol. The highest BCUT2D eigenvalue weighted by atomic mass is 16.5. The molecule has 0 radical (unpaired) electrons. The van der Waals surface area contributed by atoms with Crippen LogP contribution in [0.3, 0.4) is 0 Å². The van der Waals surface area contributed by atoms with Gasteiger partial charge in [0.15, 0.2) is 0 Å². The Labute approximate surface area is 179 Å². The average Bonchev–Trinajstić information content (AvgIpc) is 2.68. The lowest BCUT2D eigenvalue weighted by Crippen LogP contribution is -2.51. The van der Waals surface area contributed by atoms with E-state index in [0.717, 1.165) is 5.69 Å². The topological polar surface area (TPSA) is 85.4 Å². The molecule has 3 atom stereocenters. The Kier molecular flexibility index (Phi) is 7.95. The molecule has 8 nitrogen and oxygen atoms in total. The van der Waals surface area contributed by atoms with Crippen LogP contribution in [-0.2, 0) is 0 Å². The van der Waals surface area contributed by atoms with Crippen LogP contribution >= 0.6 is 0 Å². The molecule has 2 N–H and O–H groups in total.